The van der Waals surface area contributed by atoms with Crippen molar-refractivity contribution in [3.63, 3.8) is 0 Å². The molecule has 27 heavy (non-hydrogen) atoms. The molecule has 7 heteroatoms. The number of amides is 1. The van der Waals surface area contributed by atoms with Crippen molar-refractivity contribution in [3.05, 3.63) is 66.2 Å². The zero-order valence-electron chi connectivity index (χ0n) is 14.7. The number of nitrogens with two attached hydrogens (primary N) is 1. The highest BCUT2D eigenvalue weighted by Crippen LogP contribution is 2.29. The second-order valence-electron chi connectivity index (χ2n) is 6.13. The van der Waals surface area contributed by atoms with Crippen LogP contribution in [0.4, 0.5) is 10.3 Å². The number of hydrogen-bond donors (Lipinski definition) is 3. The first-order chi connectivity index (χ1) is 13.0. The van der Waals surface area contributed by atoms with E-state index in [0.717, 1.165) is 0 Å². The predicted molar refractivity (Wildman–Crippen MR) is 101 cm³/mol. The second kappa shape index (κ2) is 7.92. The monoisotopic (exact) mass is 366 g/mol. The Morgan fingerprint density at radius 2 is 1.85 bits per heavy atom. The largest absolute Gasteiger partial charge is 0.394 e. The Morgan fingerprint density at radius 1 is 1.15 bits per heavy atom. The molecule has 0 bridgehead atoms. The lowest BCUT2D eigenvalue weighted by atomic mass is 9.96. The average molecular weight is 366 g/mol. The number of halogens is 1. The topological polar surface area (TPSA) is 101 Å². The number of nitrogens with one attached hydrogen (secondary N) is 1. The number of aliphatic hydroxyl groups excluding tert-OH is 1. The number of anilines is 1. The molecule has 0 unspecified atom stereocenters. The first-order valence-corrected chi connectivity index (χ1v) is 8.38. The van der Waals surface area contributed by atoms with E-state index in [9.17, 15) is 9.18 Å². The molecule has 0 saturated carbocycles. The molecule has 0 aliphatic heterocycles. The lowest BCUT2D eigenvalue weighted by molar-refractivity contribution is 0.0923. The van der Waals surface area contributed by atoms with Gasteiger partial charge in [-0.15, -0.1) is 0 Å². The van der Waals surface area contributed by atoms with Crippen LogP contribution < -0.4 is 11.1 Å². The van der Waals surface area contributed by atoms with Gasteiger partial charge in [0.05, 0.1) is 6.61 Å². The molecule has 1 aromatic heterocycles. The quantitative estimate of drug-likeness (QED) is 0.644. The van der Waals surface area contributed by atoms with Crippen molar-refractivity contribution in [1.29, 1.82) is 0 Å². The maximum Gasteiger partial charge on any atom is 0.252 e. The predicted octanol–water partition coefficient (Wildman–Crippen LogP) is 2.64. The van der Waals surface area contributed by atoms with Crippen LogP contribution >= 0.6 is 0 Å². The lowest BCUT2D eigenvalue weighted by Crippen LogP contribution is -2.35. The van der Waals surface area contributed by atoms with Gasteiger partial charge in [0.1, 0.15) is 5.82 Å². The summed E-state index contributed by atoms with van der Waals surface area (Å²) in [5.74, 6) is -0.670. The number of carbonyl (C=O) groups is 1. The van der Waals surface area contributed by atoms with Gasteiger partial charge in [0, 0.05) is 35.1 Å². The van der Waals surface area contributed by atoms with E-state index in [1.54, 1.807) is 43.3 Å². The summed E-state index contributed by atoms with van der Waals surface area (Å²) in [6.45, 7) is 1.53. The van der Waals surface area contributed by atoms with E-state index < -0.39 is 5.82 Å². The van der Waals surface area contributed by atoms with E-state index in [1.807, 2.05) is 0 Å². The number of hydrogen-bond acceptors (Lipinski definition) is 5. The van der Waals surface area contributed by atoms with E-state index >= 15 is 0 Å². The van der Waals surface area contributed by atoms with Gasteiger partial charge in [0.15, 0.2) is 0 Å². The molecular weight excluding hydrogens is 347 g/mol. The van der Waals surface area contributed by atoms with Crippen LogP contribution in [0.2, 0.25) is 0 Å². The molecule has 1 amide bonds. The van der Waals surface area contributed by atoms with Crippen molar-refractivity contribution in [3.8, 4) is 22.3 Å². The van der Waals surface area contributed by atoms with Gasteiger partial charge in [-0.3, -0.25) is 4.79 Å². The minimum absolute atomic E-state index is 0.118. The van der Waals surface area contributed by atoms with E-state index in [2.05, 4.69) is 15.3 Å². The molecule has 2 aromatic carbocycles. The van der Waals surface area contributed by atoms with Crippen LogP contribution in [-0.2, 0) is 0 Å². The summed E-state index contributed by atoms with van der Waals surface area (Å²) in [4.78, 5) is 20.2. The summed E-state index contributed by atoms with van der Waals surface area (Å²) in [7, 11) is 0. The van der Waals surface area contributed by atoms with Crippen molar-refractivity contribution < 1.29 is 14.3 Å². The summed E-state index contributed by atoms with van der Waals surface area (Å²) < 4.78 is 14.7. The van der Waals surface area contributed by atoms with Gasteiger partial charge >= 0.3 is 0 Å². The molecule has 0 saturated heterocycles. The molecule has 138 valence electrons. The van der Waals surface area contributed by atoms with Gasteiger partial charge in [-0.25, -0.2) is 14.4 Å². The van der Waals surface area contributed by atoms with Crippen molar-refractivity contribution in [2.45, 2.75) is 13.0 Å². The van der Waals surface area contributed by atoms with Crippen LogP contribution in [-0.4, -0.2) is 33.6 Å². The number of benzene rings is 2. The maximum absolute atomic E-state index is 14.7. The van der Waals surface area contributed by atoms with E-state index in [4.69, 9.17) is 10.8 Å². The Kier molecular flexibility index (Phi) is 5.42. The molecule has 0 aliphatic rings. The highest BCUT2D eigenvalue weighted by Gasteiger charge is 2.16. The Bertz CT molecular complexity index is 960. The van der Waals surface area contributed by atoms with Gasteiger partial charge in [-0.2, -0.15) is 0 Å². The number of aliphatic hydroxyl groups is 1. The number of nitrogens with zero attached hydrogens (tertiary/aromatic N) is 2. The molecule has 1 atom stereocenters. The molecule has 1 heterocycles. The third-order valence-electron chi connectivity index (χ3n) is 4.09. The molecule has 3 rings (SSSR count). The Hall–Kier alpha value is -3.32. The zero-order valence-corrected chi connectivity index (χ0v) is 14.7. The first kappa shape index (κ1) is 18.5. The molecule has 4 N–H and O–H groups in total. The third-order valence-corrected chi connectivity index (χ3v) is 4.09. The summed E-state index contributed by atoms with van der Waals surface area (Å²) in [6, 6.07) is 11.3. The van der Waals surface area contributed by atoms with Gasteiger partial charge in [0.2, 0.25) is 5.95 Å². The average Bonchev–Trinajstić information content (AvgIpc) is 2.68. The smallest absolute Gasteiger partial charge is 0.252 e. The third kappa shape index (κ3) is 4.09. The second-order valence-corrected chi connectivity index (χ2v) is 6.13. The van der Waals surface area contributed by atoms with Gasteiger partial charge < -0.3 is 16.2 Å². The highest BCUT2D eigenvalue weighted by atomic mass is 19.1. The summed E-state index contributed by atoms with van der Waals surface area (Å²) in [6.07, 6.45) is 2.91. The normalized spacial score (nSPS) is 11.8. The minimum atomic E-state index is -0.459. The van der Waals surface area contributed by atoms with Crippen molar-refractivity contribution in [2.24, 2.45) is 0 Å². The van der Waals surface area contributed by atoms with E-state index in [0.29, 0.717) is 27.8 Å². The van der Waals surface area contributed by atoms with Gasteiger partial charge in [-0.05, 0) is 30.2 Å². The Labute approximate surface area is 155 Å². The Balaban J connectivity index is 1.97. The molecule has 6 nitrogen and oxygen atoms in total. The lowest BCUT2D eigenvalue weighted by Gasteiger charge is -2.14. The van der Waals surface area contributed by atoms with Gasteiger partial charge in [-0.1, -0.05) is 30.3 Å². The number of nitrogen functional groups attached to an aromatic ring is 1. The molecule has 3 aromatic rings. The molecular formula is C20H19FN4O2. The summed E-state index contributed by atoms with van der Waals surface area (Å²) in [5, 5.41) is 11.8. The van der Waals surface area contributed by atoms with E-state index in [1.165, 1.54) is 18.5 Å². The highest BCUT2D eigenvalue weighted by molar-refractivity contribution is 6.01. The molecule has 0 aliphatic carbocycles. The van der Waals surface area contributed by atoms with Crippen LogP contribution in [0.5, 0.6) is 0 Å². The van der Waals surface area contributed by atoms with Crippen LogP contribution in [0.15, 0.2) is 54.9 Å². The van der Waals surface area contributed by atoms with E-state index in [-0.39, 0.29) is 24.5 Å². The van der Waals surface area contributed by atoms with Crippen molar-refractivity contribution in [1.82, 2.24) is 15.3 Å². The maximum atomic E-state index is 14.7. The first-order valence-electron chi connectivity index (χ1n) is 8.38. The molecule has 0 spiro atoms. The SMILES string of the molecule is C[C@@H](CO)NC(=O)c1ccccc1-c1ccc(-c2cnc(N)nc2)c(F)c1. The fraction of sp³-hybridized carbons (Fsp3) is 0.150. The summed E-state index contributed by atoms with van der Waals surface area (Å²) >= 11 is 0. The number of carbonyl (C=O) groups excluding carboxylic acids is 1. The van der Waals surface area contributed by atoms with Gasteiger partial charge in [0.25, 0.3) is 5.91 Å². The van der Waals surface area contributed by atoms with Crippen LogP contribution in [0.1, 0.15) is 17.3 Å². The number of rotatable bonds is 5. The molecule has 0 fully saturated rings. The molecule has 0 radical (unpaired) electrons. The van der Waals surface area contributed by atoms with Crippen molar-refractivity contribution in [2.75, 3.05) is 12.3 Å². The summed E-state index contributed by atoms with van der Waals surface area (Å²) in [5.41, 5.74) is 7.88. The fourth-order valence-corrected chi connectivity index (χ4v) is 2.67. The zero-order chi connectivity index (χ0) is 19.4. The minimum Gasteiger partial charge on any atom is -0.394 e. The van der Waals surface area contributed by atoms with Crippen LogP contribution in [0.25, 0.3) is 22.3 Å². The van der Waals surface area contributed by atoms with Crippen LogP contribution in [0.3, 0.4) is 0 Å². The standard InChI is InChI=1S/C20H19FN4O2/c1-12(11-26)25-19(27)17-5-3-2-4-15(17)13-6-7-16(18(21)8-13)14-9-23-20(22)24-10-14/h2-10,12,26H,11H2,1H3,(H,25,27)(H2,22,23,24)/t12-/m0/s1. The Morgan fingerprint density at radius 3 is 2.52 bits per heavy atom. The fourth-order valence-electron chi connectivity index (χ4n) is 2.67. The number of aromatic nitrogens is 2. The van der Waals surface area contributed by atoms with Crippen molar-refractivity contribution >= 4 is 11.9 Å². The van der Waals surface area contributed by atoms with Crippen LogP contribution in [0, 0.1) is 5.82 Å².